The molecule has 2 fully saturated rings. The standard InChI is InChI=1S/C21H21N5O3S/c1-10-4-5-12(30-10)6-7-14-24-19(22-3)15-20(25-14)26(9-23-15)16-13-8-21(13,11(2)27)18(29)17(16)28/h4-5,9,13,16-18,28-29H,8H2,1-3H3,(H,22,24,25)/t13?,16-,17+,18+,21-/m1/s1. The lowest BCUT2D eigenvalue weighted by molar-refractivity contribution is -0.128. The van der Waals surface area contributed by atoms with Gasteiger partial charge in [-0.1, -0.05) is 0 Å². The fraction of sp³-hybridized carbons (Fsp3) is 0.429. The summed E-state index contributed by atoms with van der Waals surface area (Å²) < 4.78 is 1.76. The molecule has 0 amide bonds. The minimum atomic E-state index is -1.09. The molecule has 9 heteroatoms. The topological polar surface area (TPSA) is 113 Å². The number of aryl methyl sites for hydroxylation is 1. The van der Waals surface area contributed by atoms with Crippen LogP contribution in [0.2, 0.25) is 0 Å². The number of thiophene rings is 1. The Kier molecular flexibility index (Phi) is 4.22. The number of nitrogens with one attached hydrogen (secondary N) is 1. The third-order valence-corrected chi connectivity index (χ3v) is 7.26. The van der Waals surface area contributed by atoms with Crippen LogP contribution >= 0.6 is 11.3 Å². The van der Waals surface area contributed by atoms with Crippen LogP contribution in [0.3, 0.4) is 0 Å². The minimum absolute atomic E-state index is 0.0886. The lowest BCUT2D eigenvalue weighted by atomic mass is 9.95. The summed E-state index contributed by atoms with van der Waals surface area (Å²) in [5, 5.41) is 24.3. The second kappa shape index (κ2) is 6.60. The first kappa shape index (κ1) is 19.2. The largest absolute Gasteiger partial charge is 0.389 e. The zero-order valence-corrected chi connectivity index (χ0v) is 17.6. The van der Waals surface area contributed by atoms with Crippen molar-refractivity contribution in [3.05, 3.63) is 34.0 Å². The number of rotatable bonds is 3. The third-order valence-electron chi connectivity index (χ3n) is 6.35. The normalized spacial score (nSPS) is 29.4. The Morgan fingerprint density at radius 2 is 2.13 bits per heavy atom. The molecule has 0 saturated heterocycles. The van der Waals surface area contributed by atoms with Gasteiger partial charge in [-0.05, 0) is 50.2 Å². The number of carbonyl (C=O) groups excluding carboxylic acids is 1. The molecular formula is C21H21N5O3S. The quantitative estimate of drug-likeness (QED) is 0.547. The molecule has 3 heterocycles. The van der Waals surface area contributed by atoms with Gasteiger partial charge in [-0.3, -0.25) is 4.79 Å². The Morgan fingerprint density at radius 1 is 1.33 bits per heavy atom. The Balaban J connectivity index is 1.59. The number of aromatic nitrogens is 4. The van der Waals surface area contributed by atoms with E-state index in [1.54, 1.807) is 29.3 Å². The molecule has 2 aliphatic carbocycles. The van der Waals surface area contributed by atoms with Crippen molar-refractivity contribution in [1.82, 2.24) is 19.5 Å². The summed E-state index contributed by atoms with van der Waals surface area (Å²) in [5.74, 6) is 6.73. The van der Waals surface area contributed by atoms with Crippen molar-refractivity contribution in [3.63, 3.8) is 0 Å². The Labute approximate surface area is 177 Å². The highest BCUT2D eigenvalue weighted by molar-refractivity contribution is 7.12. The highest BCUT2D eigenvalue weighted by Gasteiger charge is 2.74. The predicted octanol–water partition coefficient (Wildman–Crippen LogP) is 1.51. The van der Waals surface area contributed by atoms with Crippen LogP contribution in [0.15, 0.2) is 18.5 Å². The maximum absolute atomic E-state index is 12.2. The number of aliphatic hydroxyl groups excluding tert-OH is 2. The van der Waals surface area contributed by atoms with Crippen LogP contribution in [0, 0.1) is 30.1 Å². The van der Waals surface area contributed by atoms with E-state index in [4.69, 9.17) is 0 Å². The van der Waals surface area contributed by atoms with Gasteiger partial charge in [0.1, 0.15) is 11.9 Å². The number of nitrogens with zero attached hydrogens (tertiary/aromatic N) is 4. The number of ketones is 1. The number of imidazole rings is 1. The molecule has 0 bridgehead atoms. The fourth-order valence-electron chi connectivity index (χ4n) is 4.76. The van der Waals surface area contributed by atoms with Gasteiger partial charge in [-0.2, -0.15) is 0 Å². The summed E-state index contributed by atoms with van der Waals surface area (Å²) in [6.45, 7) is 3.50. The van der Waals surface area contributed by atoms with E-state index in [9.17, 15) is 15.0 Å². The molecule has 5 atom stereocenters. The van der Waals surface area contributed by atoms with E-state index in [1.165, 1.54) is 11.8 Å². The first-order chi connectivity index (χ1) is 14.4. The van der Waals surface area contributed by atoms with Crippen LogP contribution in [-0.2, 0) is 4.79 Å². The van der Waals surface area contributed by atoms with Crippen LogP contribution in [-0.4, -0.2) is 54.8 Å². The molecule has 8 nitrogen and oxygen atoms in total. The second-order valence-electron chi connectivity index (χ2n) is 7.96. The van der Waals surface area contributed by atoms with Crippen LogP contribution in [0.25, 0.3) is 11.2 Å². The van der Waals surface area contributed by atoms with Crippen molar-refractivity contribution in [1.29, 1.82) is 0 Å². The van der Waals surface area contributed by atoms with Gasteiger partial charge in [0.15, 0.2) is 17.0 Å². The number of Topliss-reactive ketones (excluding diaryl/α,β-unsaturated/α-hetero) is 1. The molecule has 5 rings (SSSR count). The molecule has 0 aromatic carbocycles. The van der Waals surface area contributed by atoms with Gasteiger partial charge >= 0.3 is 0 Å². The van der Waals surface area contributed by atoms with Gasteiger partial charge in [0.2, 0.25) is 5.82 Å². The lowest BCUT2D eigenvalue weighted by Crippen LogP contribution is -2.36. The van der Waals surface area contributed by atoms with E-state index in [0.29, 0.717) is 29.2 Å². The fourth-order valence-corrected chi connectivity index (χ4v) is 5.48. The SMILES string of the molecule is CNc1nc(C#Cc2ccc(C)s2)nc2c1ncn2[C@@H]1C2C[C@]2(C(C)=O)[C@@H](O)[C@H]1O. The van der Waals surface area contributed by atoms with Crippen LogP contribution < -0.4 is 5.32 Å². The van der Waals surface area contributed by atoms with Crippen LogP contribution in [0.5, 0.6) is 0 Å². The minimum Gasteiger partial charge on any atom is -0.389 e. The average molecular weight is 423 g/mol. The average Bonchev–Trinajstić information content (AvgIpc) is 2.98. The van der Waals surface area contributed by atoms with E-state index in [-0.39, 0.29) is 11.7 Å². The number of carbonyl (C=O) groups is 1. The van der Waals surface area contributed by atoms with E-state index in [1.807, 2.05) is 19.1 Å². The monoisotopic (exact) mass is 423 g/mol. The molecule has 2 aliphatic rings. The Hall–Kier alpha value is -2.80. The van der Waals surface area contributed by atoms with Crippen molar-refractivity contribution in [3.8, 4) is 11.8 Å². The molecule has 3 aromatic heterocycles. The first-order valence-electron chi connectivity index (χ1n) is 9.74. The first-order valence-corrected chi connectivity index (χ1v) is 10.6. The number of anilines is 1. The number of fused-ring (bicyclic) bond motifs is 2. The van der Waals surface area contributed by atoms with E-state index < -0.39 is 23.7 Å². The molecule has 3 aromatic rings. The summed E-state index contributed by atoms with van der Waals surface area (Å²) in [4.78, 5) is 27.7. The molecule has 154 valence electrons. The van der Waals surface area contributed by atoms with Crippen molar-refractivity contribution in [2.45, 2.75) is 38.5 Å². The molecule has 0 radical (unpaired) electrons. The summed E-state index contributed by atoms with van der Waals surface area (Å²) >= 11 is 1.60. The summed E-state index contributed by atoms with van der Waals surface area (Å²) in [6.07, 6.45) is -0.00917. The number of hydrogen-bond donors (Lipinski definition) is 3. The van der Waals surface area contributed by atoms with Gasteiger partial charge in [0, 0.05) is 11.9 Å². The van der Waals surface area contributed by atoms with Crippen molar-refractivity contribution in [2.24, 2.45) is 11.3 Å². The predicted molar refractivity (Wildman–Crippen MR) is 112 cm³/mol. The molecule has 0 aliphatic heterocycles. The van der Waals surface area contributed by atoms with Crippen molar-refractivity contribution in [2.75, 3.05) is 12.4 Å². The van der Waals surface area contributed by atoms with Crippen molar-refractivity contribution < 1.29 is 15.0 Å². The molecule has 3 N–H and O–H groups in total. The molecule has 0 spiro atoms. The van der Waals surface area contributed by atoms with E-state index in [2.05, 4.69) is 32.1 Å². The van der Waals surface area contributed by atoms with Crippen LogP contribution in [0.4, 0.5) is 5.82 Å². The van der Waals surface area contributed by atoms with Gasteiger partial charge in [0.05, 0.1) is 28.8 Å². The third kappa shape index (κ3) is 2.61. The number of hydrogen-bond acceptors (Lipinski definition) is 8. The lowest BCUT2D eigenvalue weighted by Gasteiger charge is -2.23. The zero-order valence-electron chi connectivity index (χ0n) is 16.7. The maximum Gasteiger partial charge on any atom is 0.209 e. The molecular weight excluding hydrogens is 402 g/mol. The molecule has 1 unspecified atom stereocenters. The maximum atomic E-state index is 12.2. The second-order valence-corrected chi connectivity index (χ2v) is 9.25. The summed E-state index contributed by atoms with van der Waals surface area (Å²) in [6, 6.07) is 3.49. The van der Waals surface area contributed by atoms with Crippen molar-refractivity contribution >= 4 is 34.1 Å². The summed E-state index contributed by atoms with van der Waals surface area (Å²) in [7, 11) is 1.75. The Bertz CT molecular complexity index is 1240. The van der Waals surface area contributed by atoms with Gasteiger partial charge in [-0.15, -0.1) is 11.3 Å². The smallest absolute Gasteiger partial charge is 0.209 e. The molecule has 30 heavy (non-hydrogen) atoms. The van der Waals surface area contributed by atoms with Gasteiger partial charge in [0.25, 0.3) is 0 Å². The van der Waals surface area contributed by atoms with E-state index in [0.717, 1.165) is 4.88 Å². The van der Waals surface area contributed by atoms with Crippen LogP contribution in [0.1, 0.15) is 35.0 Å². The highest BCUT2D eigenvalue weighted by atomic mass is 32.1. The van der Waals surface area contributed by atoms with Gasteiger partial charge < -0.3 is 20.1 Å². The number of aliphatic hydroxyl groups is 2. The van der Waals surface area contributed by atoms with Gasteiger partial charge in [-0.25, -0.2) is 15.0 Å². The zero-order chi connectivity index (χ0) is 21.2. The summed E-state index contributed by atoms with van der Waals surface area (Å²) in [5.41, 5.74) is 0.209. The van der Waals surface area contributed by atoms with E-state index >= 15 is 0 Å². The Morgan fingerprint density at radius 3 is 2.77 bits per heavy atom. The highest BCUT2D eigenvalue weighted by Crippen LogP contribution is 2.68. The molecule has 2 saturated carbocycles.